The lowest BCUT2D eigenvalue weighted by Crippen LogP contribution is -2.45. The Morgan fingerprint density at radius 1 is 1.26 bits per heavy atom. The molecule has 0 radical (unpaired) electrons. The molecule has 0 aromatic heterocycles. The zero-order valence-corrected chi connectivity index (χ0v) is 28.4. The molecule has 13 heteroatoms. The summed E-state index contributed by atoms with van der Waals surface area (Å²) in [5, 5.41) is 11.3. The number of fused-ring (bicyclic) bond motifs is 1. The number of hydrogen-bond acceptors (Lipinski definition) is 7. The molecule has 2 unspecified atom stereocenters. The first-order valence-corrected chi connectivity index (χ1v) is 18.0. The van der Waals surface area contributed by atoms with Crippen LogP contribution in [0.3, 0.4) is 0 Å². The summed E-state index contributed by atoms with van der Waals surface area (Å²) in [5.74, 6) is -0.925. The Morgan fingerprint density at radius 2 is 2.00 bits per heavy atom. The Morgan fingerprint density at radius 3 is 2.64 bits per heavy atom. The van der Waals surface area contributed by atoms with Gasteiger partial charge in [0.1, 0.15) is 23.1 Å². The van der Waals surface area contributed by atoms with Gasteiger partial charge in [0.05, 0.1) is 16.6 Å². The van der Waals surface area contributed by atoms with Crippen molar-refractivity contribution >= 4 is 45.2 Å². The standard InChI is InChI=1S/C34H35ClF2N4O4S2/c1-20(36)14-21-4-5-23(15-21)29-28-17-34(2,18-38-47(44,45)25-9-6-22(7-10-25)33(42)43)19-41(28)31(32-40(3)12-13-46-32)39-30(29)26-11-8-24(37)16-27(26)35/h4-13,15-16,20-21,30,32,38H,14,17-19H2,1-3H3,(H,42,43)/t20-,21?,30+,32?,34+/m1/s1. The molecule has 2 aromatic rings. The summed E-state index contributed by atoms with van der Waals surface area (Å²) in [7, 11) is -1.99. The molecule has 2 N–H and O–H groups in total. The minimum absolute atomic E-state index is 0.00612. The molecule has 248 valence electrons. The fraction of sp³-hybridized carbons (Fsp3) is 0.353. The van der Waals surface area contributed by atoms with Crippen molar-refractivity contribution in [1.82, 2.24) is 14.5 Å². The topological polar surface area (TPSA) is 102 Å². The molecule has 0 spiro atoms. The van der Waals surface area contributed by atoms with Crippen molar-refractivity contribution in [3.8, 4) is 0 Å². The molecule has 1 aliphatic carbocycles. The average Bonchev–Trinajstić information content (AvgIpc) is 3.74. The molecule has 0 bridgehead atoms. The summed E-state index contributed by atoms with van der Waals surface area (Å²) in [4.78, 5) is 20.8. The number of nitrogens with zero attached hydrogens (tertiary/aromatic N) is 3. The monoisotopic (exact) mass is 700 g/mol. The van der Waals surface area contributed by atoms with Gasteiger partial charge in [-0.05, 0) is 78.6 Å². The maximum Gasteiger partial charge on any atom is 0.335 e. The number of rotatable bonds is 10. The van der Waals surface area contributed by atoms with Crippen molar-refractivity contribution in [3.05, 3.63) is 111 Å². The van der Waals surface area contributed by atoms with Crippen LogP contribution in [0.4, 0.5) is 8.78 Å². The number of benzene rings is 2. The van der Waals surface area contributed by atoms with Gasteiger partial charge < -0.3 is 14.9 Å². The molecule has 3 aliphatic heterocycles. The van der Waals surface area contributed by atoms with E-state index in [2.05, 4.69) is 14.5 Å². The first-order chi connectivity index (χ1) is 22.2. The fourth-order valence-electron chi connectivity index (χ4n) is 6.53. The van der Waals surface area contributed by atoms with Gasteiger partial charge in [-0.2, -0.15) is 0 Å². The number of thioether (sulfide) groups is 1. The van der Waals surface area contributed by atoms with E-state index in [4.69, 9.17) is 16.6 Å². The van der Waals surface area contributed by atoms with Crippen LogP contribution in [-0.2, 0) is 10.0 Å². The maximum atomic E-state index is 14.2. The quantitative estimate of drug-likeness (QED) is 0.278. The van der Waals surface area contributed by atoms with Gasteiger partial charge in [0.25, 0.3) is 0 Å². The third kappa shape index (κ3) is 6.78. The van der Waals surface area contributed by atoms with E-state index in [-0.39, 0.29) is 33.3 Å². The Bertz CT molecular complexity index is 1860. The average molecular weight is 701 g/mol. The molecular weight excluding hydrogens is 666 g/mol. The summed E-state index contributed by atoms with van der Waals surface area (Å²) < 4.78 is 57.7. The van der Waals surface area contributed by atoms with Crippen molar-refractivity contribution in [1.29, 1.82) is 0 Å². The second-order valence-electron chi connectivity index (χ2n) is 12.7. The van der Waals surface area contributed by atoms with Gasteiger partial charge in [-0.15, -0.1) is 0 Å². The van der Waals surface area contributed by atoms with Crippen LogP contribution in [0.25, 0.3) is 0 Å². The highest BCUT2D eigenvalue weighted by Gasteiger charge is 2.47. The number of carboxylic acid groups (broad SMARTS) is 1. The Balaban J connectivity index is 1.41. The molecule has 0 amide bonds. The molecule has 0 saturated carbocycles. The maximum absolute atomic E-state index is 14.2. The molecule has 5 atom stereocenters. The first kappa shape index (κ1) is 33.5. The van der Waals surface area contributed by atoms with Gasteiger partial charge >= 0.3 is 5.97 Å². The molecule has 6 rings (SSSR count). The third-order valence-corrected chi connectivity index (χ3v) is 11.7. The van der Waals surface area contributed by atoms with Crippen LogP contribution in [0.1, 0.15) is 48.7 Å². The number of sulfonamides is 1. The summed E-state index contributed by atoms with van der Waals surface area (Å²) in [6, 6.07) is 8.81. The number of likely N-dealkylation sites (N-methyl/N-ethyl adjacent to an activating group) is 1. The predicted molar refractivity (Wildman–Crippen MR) is 181 cm³/mol. The normalized spacial score (nSPS) is 26.1. The third-order valence-electron chi connectivity index (χ3n) is 8.86. The molecule has 3 heterocycles. The zero-order valence-electron chi connectivity index (χ0n) is 26.0. The number of aliphatic imine (C=N–C) groups is 1. The number of alkyl halides is 1. The van der Waals surface area contributed by atoms with Crippen LogP contribution in [0, 0.1) is 17.2 Å². The second-order valence-corrected chi connectivity index (χ2v) is 15.9. The van der Waals surface area contributed by atoms with Gasteiger partial charge in [-0.3, -0.25) is 4.99 Å². The van der Waals surface area contributed by atoms with Gasteiger partial charge in [0.15, 0.2) is 0 Å². The number of amidine groups is 1. The van der Waals surface area contributed by atoms with Gasteiger partial charge in [-0.25, -0.2) is 26.7 Å². The van der Waals surface area contributed by atoms with Crippen LogP contribution >= 0.6 is 23.4 Å². The lowest BCUT2D eigenvalue weighted by molar-refractivity contribution is 0.0696. The van der Waals surface area contributed by atoms with Gasteiger partial charge in [0.2, 0.25) is 10.0 Å². The first-order valence-electron chi connectivity index (χ1n) is 15.2. The zero-order chi connectivity index (χ0) is 33.7. The SMILES string of the molecule is C[C@@H](F)CC1C=CC(C2=C3C[C@@](C)(CNS(=O)(=O)c4ccc(C(=O)O)cc4)CN3C(C3SC=CN3C)=N[C@H]2c2ccc(F)cc2Cl)=C1. The highest BCUT2D eigenvalue weighted by molar-refractivity contribution is 8.03. The summed E-state index contributed by atoms with van der Waals surface area (Å²) in [5.41, 5.74) is 2.77. The molecule has 1 saturated heterocycles. The van der Waals surface area contributed by atoms with Crippen molar-refractivity contribution in [2.75, 3.05) is 20.1 Å². The van der Waals surface area contributed by atoms with Gasteiger partial charge in [0, 0.05) is 48.0 Å². The molecule has 47 heavy (non-hydrogen) atoms. The Kier molecular flexibility index (Phi) is 9.16. The van der Waals surface area contributed by atoms with Crippen molar-refractivity contribution in [2.24, 2.45) is 16.3 Å². The highest BCUT2D eigenvalue weighted by Crippen LogP contribution is 2.51. The molecule has 8 nitrogen and oxygen atoms in total. The van der Waals surface area contributed by atoms with Crippen molar-refractivity contribution < 1.29 is 27.1 Å². The van der Waals surface area contributed by atoms with Gasteiger partial charge in [-0.1, -0.05) is 54.6 Å². The number of hydrogen-bond donors (Lipinski definition) is 2. The Labute approximate surface area is 282 Å². The van der Waals surface area contributed by atoms with Crippen LogP contribution in [0.5, 0.6) is 0 Å². The van der Waals surface area contributed by atoms with Crippen LogP contribution in [0.15, 0.2) is 99.0 Å². The van der Waals surface area contributed by atoms with Crippen LogP contribution in [-0.4, -0.2) is 66.8 Å². The van der Waals surface area contributed by atoms with E-state index >= 15 is 0 Å². The summed E-state index contributed by atoms with van der Waals surface area (Å²) >= 11 is 8.29. The fourth-order valence-corrected chi connectivity index (χ4v) is 8.98. The number of halogens is 3. The second kappa shape index (κ2) is 12.9. The highest BCUT2D eigenvalue weighted by atomic mass is 35.5. The number of aromatic carboxylic acids is 1. The lowest BCUT2D eigenvalue weighted by atomic mass is 9.85. The van der Waals surface area contributed by atoms with E-state index in [0.717, 1.165) is 22.7 Å². The number of carbonyl (C=O) groups is 1. The van der Waals surface area contributed by atoms with E-state index in [0.29, 0.717) is 24.9 Å². The molecule has 2 aromatic carbocycles. The number of carboxylic acids is 1. The van der Waals surface area contributed by atoms with Crippen molar-refractivity contribution in [2.45, 2.75) is 49.2 Å². The van der Waals surface area contributed by atoms with E-state index in [1.165, 1.54) is 43.3 Å². The number of nitrogens with one attached hydrogen (secondary N) is 1. The smallest absolute Gasteiger partial charge is 0.335 e. The lowest BCUT2D eigenvalue weighted by Gasteiger charge is -2.38. The van der Waals surface area contributed by atoms with E-state index in [1.54, 1.807) is 17.8 Å². The minimum atomic E-state index is -3.95. The minimum Gasteiger partial charge on any atom is -0.478 e. The largest absolute Gasteiger partial charge is 0.478 e. The Hall–Kier alpha value is -3.45. The number of allylic oxidation sites excluding steroid dienone is 4. The van der Waals surface area contributed by atoms with E-state index in [9.17, 15) is 27.1 Å². The molecule has 1 fully saturated rings. The van der Waals surface area contributed by atoms with Crippen LogP contribution < -0.4 is 4.72 Å². The van der Waals surface area contributed by atoms with Crippen molar-refractivity contribution in [3.63, 3.8) is 0 Å². The molecular formula is C34H35ClF2N4O4S2. The van der Waals surface area contributed by atoms with E-state index < -0.39 is 39.4 Å². The summed E-state index contributed by atoms with van der Waals surface area (Å²) in [6.45, 7) is 4.11. The van der Waals surface area contributed by atoms with Crippen LogP contribution in [0.2, 0.25) is 5.02 Å². The summed E-state index contributed by atoms with van der Waals surface area (Å²) in [6.07, 6.45) is 7.81. The van der Waals surface area contributed by atoms with E-state index in [1.807, 2.05) is 43.8 Å². The predicted octanol–water partition coefficient (Wildman–Crippen LogP) is 6.91. The molecule has 4 aliphatic rings.